The Morgan fingerprint density at radius 2 is 1.55 bits per heavy atom. The third-order valence-corrected chi connectivity index (χ3v) is 2.52. The van der Waals surface area contributed by atoms with Crippen molar-refractivity contribution < 1.29 is 0 Å². The molecular formula is C12H10N8. The van der Waals surface area contributed by atoms with Gasteiger partial charge in [0.25, 0.3) is 0 Å². The van der Waals surface area contributed by atoms with Gasteiger partial charge in [-0.25, -0.2) is 9.98 Å². The molecule has 8 nitrogen and oxygen atoms in total. The molecule has 20 heavy (non-hydrogen) atoms. The molecule has 0 radical (unpaired) electrons. The van der Waals surface area contributed by atoms with E-state index in [2.05, 4.69) is 35.4 Å². The number of aliphatic imine (C=N–C) groups is 2. The summed E-state index contributed by atoms with van der Waals surface area (Å²) in [6, 6.07) is 9.94. The van der Waals surface area contributed by atoms with Gasteiger partial charge in [-0.05, 0) is 12.1 Å². The third kappa shape index (κ3) is 2.48. The lowest BCUT2D eigenvalue weighted by molar-refractivity contribution is 1.07. The lowest BCUT2D eigenvalue weighted by Crippen LogP contribution is -1.80. The van der Waals surface area contributed by atoms with Gasteiger partial charge in [0.1, 0.15) is 18.5 Å². The number of aromatic nitrogens is 1. The fraction of sp³-hybridized carbons (Fsp3) is 0. The van der Waals surface area contributed by atoms with Crippen LogP contribution in [0.3, 0.4) is 0 Å². The summed E-state index contributed by atoms with van der Waals surface area (Å²) < 4.78 is 0. The van der Waals surface area contributed by atoms with Crippen molar-refractivity contribution in [3.8, 4) is 0 Å². The van der Waals surface area contributed by atoms with E-state index in [4.69, 9.17) is 5.73 Å². The number of hydrogen-bond donors (Lipinski definition) is 2. The van der Waals surface area contributed by atoms with Crippen LogP contribution in [0.15, 0.2) is 72.4 Å². The highest BCUT2D eigenvalue weighted by Crippen LogP contribution is 2.16. The quantitative estimate of drug-likeness (QED) is 0.749. The predicted molar refractivity (Wildman–Crippen MR) is 76.4 cm³/mol. The van der Waals surface area contributed by atoms with Crippen molar-refractivity contribution in [3.05, 3.63) is 42.0 Å². The number of nitrogen functional groups attached to an aromatic ring is 1. The van der Waals surface area contributed by atoms with Gasteiger partial charge in [0.2, 0.25) is 11.6 Å². The SMILES string of the molecule is C1=NC(=C2N=CN=N2)N=N1.Nc1cc2ccccc2[nH]1. The highest BCUT2D eigenvalue weighted by Gasteiger charge is 2.07. The molecular weight excluding hydrogens is 256 g/mol. The number of nitrogens with zero attached hydrogens (tertiary/aromatic N) is 6. The normalized spacial score (nSPS) is 18.8. The number of azo groups is 2. The molecule has 0 atom stereocenters. The smallest absolute Gasteiger partial charge is 0.223 e. The van der Waals surface area contributed by atoms with Gasteiger partial charge >= 0.3 is 0 Å². The van der Waals surface area contributed by atoms with Crippen LogP contribution in [0.2, 0.25) is 0 Å². The number of anilines is 1. The first kappa shape index (κ1) is 11.9. The first-order valence-electron chi connectivity index (χ1n) is 5.77. The van der Waals surface area contributed by atoms with E-state index >= 15 is 0 Å². The van der Waals surface area contributed by atoms with Gasteiger partial charge in [-0.1, -0.05) is 18.2 Å². The van der Waals surface area contributed by atoms with Gasteiger partial charge in [-0.15, -0.1) is 20.5 Å². The average Bonchev–Trinajstić information content (AvgIpc) is 3.19. The number of aromatic amines is 1. The molecule has 2 aliphatic heterocycles. The molecule has 0 saturated heterocycles. The number of benzene rings is 1. The minimum atomic E-state index is 0.414. The zero-order valence-electron chi connectivity index (χ0n) is 10.3. The Hall–Kier alpha value is -3.16. The van der Waals surface area contributed by atoms with E-state index in [-0.39, 0.29) is 0 Å². The van der Waals surface area contributed by atoms with Crippen molar-refractivity contribution in [3.63, 3.8) is 0 Å². The fourth-order valence-corrected chi connectivity index (χ4v) is 1.67. The van der Waals surface area contributed by atoms with Crippen LogP contribution in [-0.2, 0) is 0 Å². The minimum Gasteiger partial charge on any atom is -0.385 e. The molecule has 0 bridgehead atoms. The molecule has 1 aromatic heterocycles. The van der Waals surface area contributed by atoms with Crippen molar-refractivity contribution in [2.24, 2.45) is 30.4 Å². The van der Waals surface area contributed by atoms with E-state index in [1.807, 2.05) is 30.3 Å². The van der Waals surface area contributed by atoms with Gasteiger partial charge in [0.05, 0.1) is 0 Å². The maximum Gasteiger partial charge on any atom is 0.223 e. The topological polar surface area (TPSA) is 116 Å². The van der Waals surface area contributed by atoms with Crippen LogP contribution in [-0.4, -0.2) is 17.7 Å². The summed E-state index contributed by atoms with van der Waals surface area (Å²) in [5.41, 5.74) is 6.63. The van der Waals surface area contributed by atoms with Gasteiger partial charge in [0, 0.05) is 10.9 Å². The Balaban J connectivity index is 0.000000121. The average molecular weight is 266 g/mol. The standard InChI is InChI=1S/C8H8N2.C4H2N6/c9-8-5-6-3-1-2-4-7(6)10-8;1-5-3(9-7-1)4-6-2-8-10-4/h1-5,10H,9H2;1-2H. The molecule has 0 amide bonds. The number of fused-ring (bicyclic) bond motifs is 1. The molecule has 0 saturated carbocycles. The van der Waals surface area contributed by atoms with E-state index in [9.17, 15) is 0 Å². The number of nitrogens with one attached hydrogen (secondary N) is 1. The van der Waals surface area contributed by atoms with E-state index in [1.165, 1.54) is 18.1 Å². The summed E-state index contributed by atoms with van der Waals surface area (Å²) >= 11 is 0. The maximum atomic E-state index is 5.54. The van der Waals surface area contributed by atoms with E-state index in [0.717, 1.165) is 11.3 Å². The van der Waals surface area contributed by atoms with Crippen LogP contribution < -0.4 is 5.73 Å². The van der Waals surface area contributed by atoms with E-state index < -0.39 is 0 Å². The van der Waals surface area contributed by atoms with Crippen molar-refractivity contribution in [1.82, 2.24) is 4.98 Å². The second-order valence-corrected chi connectivity index (χ2v) is 3.88. The molecule has 3 heterocycles. The van der Waals surface area contributed by atoms with Gasteiger partial charge in [0.15, 0.2) is 0 Å². The van der Waals surface area contributed by atoms with Crippen LogP contribution in [0.25, 0.3) is 10.9 Å². The van der Waals surface area contributed by atoms with Crippen molar-refractivity contribution in [2.75, 3.05) is 5.73 Å². The molecule has 0 spiro atoms. The molecule has 0 fully saturated rings. The molecule has 0 unspecified atom stereocenters. The van der Waals surface area contributed by atoms with Crippen LogP contribution in [0.5, 0.6) is 0 Å². The minimum absolute atomic E-state index is 0.414. The van der Waals surface area contributed by atoms with Crippen LogP contribution in [0, 0.1) is 0 Å². The lowest BCUT2D eigenvalue weighted by atomic mass is 10.3. The second kappa shape index (κ2) is 5.22. The lowest BCUT2D eigenvalue weighted by Gasteiger charge is -1.83. The molecule has 2 aliphatic rings. The summed E-state index contributed by atoms with van der Waals surface area (Å²) in [6.07, 6.45) is 2.68. The summed E-state index contributed by atoms with van der Waals surface area (Å²) in [7, 11) is 0. The van der Waals surface area contributed by atoms with E-state index in [0.29, 0.717) is 11.6 Å². The monoisotopic (exact) mass is 266 g/mol. The van der Waals surface area contributed by atoms with Gasteiger partial charge in [-0.2, -0.15) is 0 Å². The Labute approximate surface area is 113 Å². The molecule has 2 aromatic rings. The fourth-order valence-electron chi connectivity index (χ4n) is 1.67. The number of rotatable bonds is 0. The summed E-state index contributed by atoms with van der Waals surface area (Å²) in [4.78, 5) is 10.6. The number of para-hydroxylation sites is 1. The molecule has 1 aromatic carbocycles. The number of hydrogen-bond acceptors (Lipinski definition) is 7. The Kier molecular flexibility index (Phi) is 3.11. The van der Waals surface area contributed by atoms with Crippen molar-refractivity contribution >= 4 is 29.4 Å². The largest absolute Gasteiger partial charge is 0.385 e. The molecule has 98 valence electrons. The first-order chi connectivity index (χ1) is 9.83. The van der Waals surface area contributed by atoms with Crippen LogP contribution in [0.4, 0.5) is 5.82 Å². The number of nitrogens with two attached hydrogens (primary N) is 1. The second-order valence-electron chi connectivity index (χ2n) is 3.88. The summed E-state index contributed by atoms with van der Waals surface area (Å²) in [5.74, 6) is 1.55. The Morgan fingerprint density at radius 1 is 0.900 bits per heavy atom. The predicted octanol–water partition coefficient (Wildman–Crippen LogP) is 2.85. The Bertz CT molecular complexity index is 687. The van der Waals surface area contributed by atoms with Gasteiger partial charge in [-0.3, -0.25) is 0 Å². The van der Waals surface area contributed by atoms with Crippen molar-refractivity contribution in [1.29, 1.82) is 0 Å². The summed E-state index contributed by atoms with van der Waals surface area (Å²) in [5, 5.41) is 15.5. The molecule has 3 N–H and O–H groups in total. The highest BCUT2D eigenvalue weighted by atomic mass is 15.3. The number of H-pyrrole nitrogens is 1. The highest BCUT2D eigenvalue weighted by molar-refractivity contribution is 5.83. The third-order valence-electron chi connectivity index (χ3n) is 2.52. The van der Waals surface area contributed by atoms with E-state index in [1.54, 1.807) is 0 Å². The van der Waals surface area contributed by atoms with Gasteiger partial charge < -0.3 is 10.7 Å². The van der Waals surface area contributed by atoms with Crippen LogP contribution >= 0.6 is 0 Å². The van der Waals surface area contributed by atoms with Crippen molar-refractivity contribution in [2.45, 2.75) is 0 Å². The maximum absolute atomic E-state index is 5.54. The van der Waals surface area contributed by atoms with Crippen LogP contribution in [0.1, 0.15) is 0 Å². The molecule has 4 rings (SSSR count). The summed E-state index contributed by atoms with van der Waals surface area (Å²) in [6.45, 7) is 0. The Morgan fingerprint density at radius 3 is 2.10 bits per heavy atom. The molecule has 8 heteroatoms. The molecule has 0 aliphatic carbocycles. The zero-order valence-corrected chi connectivity index (χ0v) is 10.3. The zero-order chi connectivity index (χ0) is 13.8. The first-order valence-corrected chi connectivity index (χ1v) is 5.77.